The van der Waals surface area contributed by atoms with Gasteiger partial charge in [-0.1, -0.05) is 12.1 Å². The third kappa shape index (κ3) is 4.96. The number of thiazole rings is 1. The van der Waals surface area contributed by atoms with Crippen LogP contribution in [0.5, 0.6) is 0 Å². The third-order valence-electron chi connectivity index (χ3n) is 3.21. The number of carbonyl (C=O) groups is 4. The Balaban J connectivity index is 2.00. The summed E-state index contributed by atoms with van der Waals surface area (Å²) in [5, 5.41) is 6.70. The number of carbonyl (C=O) groups excluding carboxylic acids is 4. The van der Waals surface area contributed by atoms with Crippen molar-refractivity contribution in [2.24, 2.45) is 0 Å². The topological polar surface area (TPSA) is 114 Å². The second-order valence-corrected chi connectivity index (χ2v) is 6.22. The summed E-state index contributed by atoms with van der Waals surface area (Å²) in [6.07, 6.45) is -1.10. The summed E-state index contributed by atoms with van der Waals surface area (Å²) in [6, 6.07) is 6.54. The lowest BCUT2D eigenvalue weighted by molar-refractivity contribution is -0.123. The fourth-order valence-corrected chi connectivity index (χ4v) is 2.71. The third-order valence-corrected chi connectivity index (χ3v) is 3.97. The summed E-state index contributed by atoms with van der Waals surface area (Å²) in [4.78, 5) is 50.8. The van der Waals surface area contributed by atoms with Crippen molar-refractivity contribution >= 4 is 45.7 Å². The molecule has 0 fully saturated rings. The van der Waals surface area contributed by atoms with Gasteiger partial charge in [0.1, 0.15) is 0 Å². The molecule has 1 aromatic carbocycles. The van der Waals surface area contributed by atoms with Gasteiger partial charge in [0.25, 0.3) is 5.91 Å². The average Bonchev–Trinajstić information content (AvgIpc) is 3.02. The number of ketones is 1. The zero-order valence-electron chi connectivity index (χ0n) is 14.4. The summed E-state index contributed by atoms with van der Waals surface area (Å²) >= 11 is 1.07. The number of amides is 2. The van der Waals surface area contributed by atoms with Crippen LogP contribution in [0.1, 0.15) is 41.6 Å². The molecular weight excluding hydrogens is 358 g/mol. The van der Waals surface area contributed by atoms with E-state index in [-0.39, 0.29) is 22.5 Å². The first-order valence-corrected chi connectivity index (χ1v) is 8.51. The monoisotopic (exact) mass is 375 g/mol. The van der Waals surface area contributed by atoms with Gasteiger partial charge < -0.3 is 15.4 Å². The number of nitrogens with zero attached hydrogens (tertiary/aromatic N) is 1. The van der Waals surface area contributed by atoms with E-state index >= 15 is 0 Å². The van der Waals surface area contributed by atoms with E-state index in [2.05, 4.69) is 15.6 Å². The Morgan fingerprint density at radius 2 is 1.81 bits per heavy atom. The van der Waals surface area contributed by atoms with Crippen molar-refractivity contribution in [2.45, 2.75) is 26.9 Å². The molecule has 0 saturated carbocycles. The van der Waals surface area contributed by atoms with Gasteiger partial charge in [-0.15, -0.1) is 11.3 Å². The number of Topliss-reactive ketones (excluding diaryl/α,β-unsaturated/α-hetero) is 1. The van der Waals surface area contributed by atoms with Gasteiger partial charge in [-0.3, -0.25) is 14.4 Å². The first-order chi connectivity index (χ1) is 12.3. The van der Waals surface area contributed by atoms with Crippen molar-refractivity contribution in [1.29, 1.82) is 0 Å². The number of ether oxygens (including phenoxy) is 1. The summed E-state index contributed by atoms with van der Waals surface area (Å²) in [6.45, 7) is 4.12. The number of esters is 1. The van der Waals surface area contributed by atoms with E-state index in [1.165, 1.54) is 26.2 Å². The normalized spacial score (nSPS) is 11.3. The van der Waals surface area contributed by atoms with Crippen LogP contribution >= 0.6 is 11.3 Å². The number of nitrogens with one attached hydrogen (secondary N) is 2. The van der Waals surface area contributed by atoms with Crippen LogP contribution in [0, 0.1) is 0 Å². The summed E-state index contributed by atoms with van der Waals surface area (Å²) in [7, 11) is 0. The Bertz CT molecular complexity index is 862. The number of benzene rings is 1. The number of aromatic nitrogens is 1. The zero-order chi connectivity index (χ0) is 19.3. The minimum Gasteiger partial charge on any atom is -0.448 e. The van der Waals surface area contributed by atoms with E-state index in [0.717, 1.165) is 11.3 Å². The van der Waals surface area contributed by atoms with E-state index in [1.54, 1.807) is 24.3 Å². The molecule has 0 bridgehead atoms. The van der Waals surface area contributed by atoms with Crippen LogP contribution in [0.2, 0.25) is 0 Å². The highest BCUT2D eigenvalue weighted by Crippen LogP contribution is 2.18. The van der Waals surface area contributed by atoms with Gasteiger partial charge in [-0.25, -0.2) is 9.78 Å². The van der Waals surface area contributed by atoms with Gasteiger partial charge in [-0.2, -0.15) is 0 Å². The van der Waals surface area contributed by atoms with Gasteiger partial charge in [-0.05, 0) is 26.0 Å². The lowest BCUT2D eigenvalue weighted by Gasteiger charge is -2.14. The Morgan fingerprint density at radius 3 is 2.46 bits per heavy atom. The van der Waals surface area contributed by atoms with Crippen LogP contribution in [0.25, 0.3) is 0 Å². The highest BCUT2D eigenvalue weighted by molar-refractivity contribution is 7.14. The number of para-hydroxylation sites is 1. The van der Waals surface area contributed by atoms with Crippen LogP contribution in [-0.2, 0) is 14.3 Å². The summed E-state index contributed by atoms with van der Waals surface area (Å²) in [5.41, 5.74) is 0.691. The molecule has 136 valence electrons. The molecule has 26 heavy (non-hydrogen) atoms. The second kappa shape index (κ2) is 8.34. The molecule has 1 unspecified atom stereocenters. The Labute approximate surface area is 153 Å². The van der Waals surface area contributed by atoms with E-state index in [0.29, 0.717) is 11.3 Å². The maximum Gasteiger partial charge on any atom is 0.358 e. The van der Waals surface area contributed by atoms with Crippen molar-refractivity contribution in [3.63, 3.8) is 0 Å². The molecule has 0 spiro atoms. The van der Waals surface area contributed by atoms with E-state index in [9.17, 15) is 19.2 Å². The first kappa shape index (κ1) is 19.3. The van der Waals surface area contributed by atoms with Crippen LogP contribution in [0.15, 0.2) is 29.6 Å². The molecule has 8 nitrogen and oxygen atoms in total. The van der Waals surface area contributed by atoms with Crippen molar-refractivity contribution in [2.75, 3.05) is 10.6 Å². The van der Waals surface area contributed by atoms with Gasteiger partial charge in [0.2, 0.25) is 5.91 Å². The average molecular weight is 375 g/mol. The maximum absolute atomic E-state index is 12.2. The van der Waals surface area contributed by atoms with E-state index < -0.39 is 18.0 Å². The Kier molecular flexibility index (Phi) is 6.18. The Hall–Kier alpha value is -3.07. The SMILES string of the molecule is CC(=O)Nc1nc(C(=O)OC(C)C(=O)Nc2ccccc2C(C)=O)cs1. The summed E-state index contributed by atoms with van der Waals surface area (Å²) in [5.74, 6) is -1.88. The number of hydrogen-bond donors (Lipinski definition) is 2. The van der Waals surface area contributed by atoms with Gasteiger partial charge in [0.05, 0.1) is 5.69 Å². The van der Waals surface area contributed by atoms with E-state index in [4.69, 9.17) is 4.74 Å². The lowest BCUT2D eigenvalue weighted by atomic mass is 10.1. The Morgan fingerprint density at radius 1 is 1.12 bits per heavy atom. The van der Waals surface area contributed by atoms with Crippen LogP contribution in [0.4, 0.5) is 10.8 Å². The molecule has 9 heteroatoms. The predicted molar refractivity (Wildman–Crippen MR) is 96.4 cm³/mol. The molecule has 0 aliphatic heterocycles. The van der Waals surface area contributed by atoms with E-state index in [1.807, 2.05) is 0 Å². The molecule has 1 heterocycles. The maximum atomic E-state index is 12.2. The quantitative estimate of drug-likeness (QED) is 0.592. The van der Waals surface area contributed by atoms with Crippen LogP contribution in [-0.4, -0.2) is 34.7 Å². The molecule has 0 saturated heterocycles. The molecule has 0 aliphatic carbocycles. The predicted octanol–water partition coefficient (Wildman–Crippen LogP) is 2.49. The summed E-state index contributed by atoms with van der Waals surface area (Å²) < 4.78 is 5.08. The second-order valence-electron chi connectivity index (χ2n) is 5.36. The molecule has 2 rings (SSSR count). The smallest absolute Gasteiger partial charge is 0.358 e. The number of anilines is 2. The standard InChI is InChI=1S/C17H17N3O5S/c1-9(21)12-6-4-5-7-13(12)19-15(23)10(2)25-16(24)14-8-26-17(20-14)18-11(3)22/h4-8,10H,1-3H3,(H,19,23)(H,18,20,22). The molecule has 1 aromatic heterocycles. The highest BCUT2D eigenvalue weighted by Gasteiger charge is 2.22. The van der Waals surface area contributed by atoms with Crippen LogP contribution < -0.4 is 10.6 Å². The first-order valence-electron chi connectivity index (χ1n) is 7.63. The minimum absolute atomic E-state index is 0.0115. The molecule has 2 N–H and O–H groups in total. The van der Waals surface area contributed by atoms with Gasteiger partial charge >= 0.3 is 5.97 Å². The van der Waals surface area contributed by atoms with Crippen molar-refractivity contribution < 1.29 is 23.9 Å². The fraction of sp³-hybridized carbons (Fsp3) is 0.235. The molecule has 1 atom stereocenters. The van der Waals surface area contributed by atoms with Crippen LogP contribution in [0.3, 0.4) is 0 Å². The molecule has 2 aromatic rings. The number of hydrogen-bond acceptors (Lipinski definition) is 7. The number of rotatable bonds is 6. The van der Waals surface area contributed by atoms with Gasteiger partial charge in [0, 0.05) is 17.9 Å². The molecular formula is C17H17N3O5S. The van der Waals surface area contributed by atoms with Crippen molar-refractivity contribution in [3.8, 4) is 0 Å². The van der Waals surface area contributed by atoms with Crippen molar-refractivity contribution in [3.05, 3.63) is 40.9 Å². The molecule has 0 radical (unpaired) electrons. The minimum atomic E-state index is -1.10. The lowest BCUT2D eigenvalue weighted by Crippen LogP contribution is -2.30. The van der Waals surface area contributed by atoms with Crippen molar-refractivity contribution in [1.82, 2.24) is 4.98 Å². The van der Waals surface area contributed by atoms with Gasteiger partial charge in [0.15, 0.2) is 22.7 Å². The zero-order valence-corrected chi connectivity index (χ0v) is 15.2. The fourth-order valence-electron chi connectivity index (χ4n) is 1.98. The molecule has 0 aliphatic rings. The molecule has 2 amide bonds. The largest absolute Gasteiger partial charge is 0.448 e. The highest BCUT2D eigenvalue weighted by atomic mass is 32.1.